The molecule has 1 aliphatic rings. The molecule has 4 rings (SSSR count). The van der Waals surface area contributed by atoms with Crippen LogP contribution in [-0.2, 0) is 4.79 Å². The van der Waals surface area contributed by atoms with Gasteiger partial charge in [-0.2, -0.15) is 0 Å². The summed E-state index contributed by atoms with van der Waals surface area (Å²) in [5.74, 6) is 2.01. The van der Waals surface area contributed by atoms with Crippen LogP contribution in [0.15, 0.2) is 54.6 Å². The number of nitrogens with one attached hydrogen (secondary N) is 2. The summed E-state index contributed by atoms with van der Waals surface area (Å²) in [6, 6.07) is 17.7. The highest BCUT2D eigenvalue weighted by molar-refractivity contribution is 5.92. The van der Waals surface area contributed by atoms with Crippen LogP contribution >= 0.6 is 0 Å². The third-order valence-electron chi connectivity index (χ3n) is 4.34. The van der Waals surface area contributed by atoms with E-state index < -0.39 is 0 Å². The minimum absolute atomic E-state index is 0.00384. The Labute approximate surface area is 146 Å². The smallest absolute Gasteiger partial charge is 0.239 e. The molecule has 25 heavy (non-hydrogen) atoms. The molecule has 1 aliphatic carbocycles. The molecule has 1 heterocycles. The van der Waals surface area contributed by atoms with E-state index in [1.165, 1.54) is 12.8 Å². The molecule has 0 atom stereocenters. The molecule has 0 radical (unpaired) electrons. The largest absolute Gasteiger partial charge is 0.360 e. The molecular formula is C20H20N4O. The number of rotatable bonds is 6. The molecule has 2 aromatic carbocycles. The van der Waals surface area contributed by atoms with Gasteiger partial charge in [-0.1, -0.05) is 42.5 Å². The minimum atomic E-state index is -0.00384. The Morgan fingerprint density at radius 2 is 1.76 bits per heavy atom. The second-order valence-electron chi connectivity index (χ2n) is 6.38. The Hall–Kier alpha value is -2.95. The zero-order chi connectivity index (χ0) is 17.1. The Balaban J connectivity index is 1.58. The highest BCUT2D eigenvalue weighted by Crippen LogP contribution is 2.27. The van der Waals surface area contributed by atoms with Crippen molar-refractivity contribution in [3.63, 3.8) is 0 Å². The number of carbonyl (C=O) groups excluding carboxylic acids is 1. The third kappa shape index (κ3) is 3.76. The van der Waals surface area contributed by atoms with Gasteiger partial charge < -0.3 is 10.6 Å². The minimum Gasteiger partial charge on any atom is -0.360 e. The molecule has 5 nitrogen and oxygen atoms in total. The Morgan fingerprint density at radius 1 is 1.00 bits per heavy atom. The van der Waals surface area contributed by atoms with Gasteiger partial charge in [0.05, 0.1) is 12.1 Å². The number of nitrogens with zero attached hydrogens (tertiary/aromatic N) is 2. The second-order valence-corrected chi connectivity index (χ2v) is 6.38. The van der Waals surface area contributed by atoms with Crippen LogP contribution in [0.3, 0.4) is 0 Å². The molecule has 0 saturated heterocycles. The SMILES string of the molecule is O=C(CNc1nc(-c2ccccc2)nc2ccccc12)NCC1CC1. The predicted octanol–water partition coefficient (Wildman–Crippen LogP) is 3.23. The van der Waals surface area contributed by atoms with Gasteiger partial charge in [-0.3, -0.25) is 4.79 Å². The molecule has 126 valence electrons. The lowest BCUT2D eigenvalue weighted by Gasteiger charge is -2.11. The van der Waals surface area contributed by atoms with Gasteiger partial charge in [0.15, 0.2) is 5.82 Å². The van der Waals surface area contributed by atoms with E-state index in [0.717, 1.165) is 23.0 Å². The van der Waals surface area contributed by atoms with Crippen molar-refractivity contribution in [2.75, 3.05) is 18.4 Å². The van der Waals surface area contributed by atoms with Crippen molar-refractivity contribution < 1.29 is 4.79 Å². The van der Waals surface area contributed by atoms with Crippen LogP contribution in [0.5, 0.6) is 0 Å². The van der Waals surface area contributed by atoms with E-state index in [1.54, 1.807) is 0 Å². The normalized spacial score (nSPS) is 13.6. The van der Waals surface area contributed by atoms with Crippen molar-refractivity contribution in [2.45, 2.75) is 12.8 Å². The molecule has 0 bridgehead atoms. The van der Waals surface area contributed by atoms with Gasteiger partial charge in [0, 0.05) is 17.5 Å². The van der Waals surface area contributed by atoms with Gasteiger partial charge in [0.2, 0.25) is 5.91 Å². The summed E-state index contributed by atoms with van der Waals surface area (Å²) in [4.78, 5) is 21.3. The number of fused-ring (bicyclic) bond motifs is 1. The molecule has 0 aliphatic heterocycles. The molecule has 1 fully saturated rings. The summed E-state index contributed by atoms with van der Waals surface area (Å²) in [6.45, 7) is 0.988. The molecule has 5 heteroatoms. The van der Waals surface area contributed by atoms with Gasteiger partial charge >= 0.3 is 0 Å². The van der Waals surface area contributed by atoms with Crippen molar-refractivity contribution >= 4 is 22.6 Å². The maximum atomic E-state index is 12.0. The first-order chi connectivity index (χ1) is 12.3. The van der Waals surface area contributed by atoms with Crippen LogP contribution in [-0.4, -0.2) is 29.0 Å². The Bertz CT molecular complexity index is 891. The number of para-hydroxylation sites is 1. The van der Waals surface area contributed by atoms with Crippen LogP contribution in [0.1, 0.15) is 12.8 Å². The summed E-state index contributed by atoms with van der Waals surface area (Å²) in [5.41, 5.74) is 1.81. The first-order valence-electron chi connectivity index (χ1n) is 8.62. The van der Waals surface area contributed by atoms with Crippen LogP contribution in [0.25, 0.3) is 22.3 Å². The lowest BCUT2D eigenvalue weighted by molar-refractivity contribution is -0.119. The van der Waals surface area contributed by atoms with Crippen molar-refractivity contribution in [2.24, 2.45) is 5.92 Å². The molecule has 1 aromatic heterocycles. The number of carbonyl (C=O) groups is 1. The number of hydrogen-bond acceptors (Lipinski definition) is 4. The van der Waals surface area contributed by atoms with E-state index >= 15 is 0 Å². The van der Waals surface area contributed by atoms with Gasteiger partial charge in [-0.25, -0.2) is 9.97 Å². The zero-order valence-corrected chi connectivity index (χ0v) is 13.9. The molecule has 0 unspecified atom stereocenters. The van der Waals surface area contributed by atoms with E-state index in [-0.39, 0.29) is 12.5 Å². The zero-order valence-electron chi connectivity index (χ0n) is 13.9. The highest BCUT2D eigenvalue weighted by atomic mass is 16.1. The first kappa shape index (κ1) is 15.6. The first-order valence-corrected chi connectivity index (χ1v) is 8.62. The van der Waals surface area contributed by atoms with Crippen LogP contribution in [0.4, 0.5) is 5.82 Å². The summed E-state index contributed by atoms with van der Waals surface area (Å²) in [7, 11) is 0. The highest BCUT2D eigenvalue weighted by Gasteiger charge is 2.21. The fourth-order valence-corrected chi connectivity index (χ4v) is 2.73. The molecule has 1 saturated carbocycles. The summed E-state index contributed by atoms with van der Waals surface area (Å²) in [6.07, 6.45) is 2.45. The van der Waals surface area contributed by atoms with E-state index in [0.29, 0.717) is 17.6 Å². The topological polar surface area (TPSA) is 66.9 Å². The van der Waals surface area contributed by atoms with E-state index in [9.17, 15) is 4.79 Å². The number of amides is 1. The van der Waals surface area contributed by atoms with Gasteiger partial charge in [0.1, 0.15) is 5.82 Å². The molecule has 0 spiro atoms. The average Bonchev–Trinajstić information content (AvgIpc) is 3.49. The van der Waals surface area contributed by atoms with Crippen molar-refractivity contribution in [3.8, 4) is 11.4 Å². The Morgan fingerprint density at radius 3 is 2.56 bits per heavy atom. The lowest BCUT2D eigenvalue weighted by Crippen LogP contribution is -2.31. The summed E-state index contributed by atoms with van der Waals surface area (Å²) < 4.78 is 0. The van der Waals surface area contributed by atoms with Crippen molar-refractivity contribution in [3.05, 3.63) is 54.6 Å². The van der Waals surface area contributed by atoms with Gasteiger partial charge in [-0.05, 0) is 30.9 Å². The van der Waals surface area contributed by atoms with Crippen LogP contribution in [0, 0.1) is 5.92 Å². The predicted molar refractivity (Wildman–Crippen MR) is 99.2 cm³/mol. The quantitative estimate of drug-likeness (QED) is 0.727. The van der Waals surface area contributed by atoms with Crippen LogP contribution in [0.2, 0.25) is 0 Å². The maximum Gasteiger partial charge on any atom is 0.239 e. The van der Waals surface area contributed by atoms with E-state index in [1.807, 2.05) is 54.6 Å². The fourth-order valence-electron chi connectivity index (χ4n) is 2.73. The van der Waals surface area contributed by atoms with E-state index in [2.05, 4.69) is 20.6 Å². The van der Waals surface area contributed by atoms with Crippen molar-refractivity contribution in [1.82, 2.24) is 15.3 Å². The maximum absolute atomic E-state index is 12.0. The van der Waals surface area contributed by atoms with E-state index in [4.69, 9.17) is 0 Å². The van der Waals surface area contributed by atoms with Crippen molar-refractivity contribution in [1.29, 1.82) is 0 Å². The average molecular weight is 332 g/mol. The van der Waals surface area contributed by atoms with Crippen LogP contribution < -0.4 is 10.6 Å². The monoisotopic (exact) mass is 332 g/mol. The molecule has 1 amide bonds. The number of aromatic nitrogens is 2. The van der Waals surface area contributed by atoms with Gasteiger partial charge in [-0.15, -0.1) is 0 Å². The molecule has 3 aromatic rings. The lowest BCUT2D eigenvalue weighted by atomic mass is 10.2. The second kappa shape index (κ2) is 6.89. The fraction of sp³-hybridized carbons (Fsp3) is 0.250. The van der Waals surface area contributed by atoms with Gasteiger partial charge in [0.25, 0.3) is 0 Å². The Kier molecular flexibility index (Phi) is 4.29. The third-order valence-corrected chi connectivity index (χ3v) is 4.34. The number of benzene rings is 2. The summed E-state index contributed by atoms with van der Waals surface area (Å²) in [5, 5.41) is 7.06. The number of anilines is 1. The summed E-state index contributed by atoms with van der Waals surface area (Å²) >= 11 is 0. The number of hydrogen-bond donors (Lipinski definition) is 2. The standard InChI is InChI=1S/C20H20N4O/c25-18(21-12-14-10-11-14)13-22-20-16-8-4-5-9-17(16)23-19(24-20)15-6-2-1-3-7-15/h1-9,14H,10-13H2,(H,21,25)(H,22,23,24). The molecular weight excluding hydrogens is 312 g/mol. The molecule has 2 N–H and O–H groups in total.